The van der Waals surface area contributed by atoms with E-state index >= 15 is 0 Å². The van der Waals surface area contributed by atoms with Gasteiger partial charge in [0.2, 0.25) is 0 Å². The molecule has 2 rings (SSSR count). The number of primary amides is 1. The maximum atomic E-state index is 12.1. The Labute approximate surface area is 159 Å². The smallest absolute Gasteiger partial charge is 0.348 e. The number of esters is 1. The first-order valence-corrected chi connectivity index (χ1v) is 8.81. The Morgan fingerprint density at radius 2 is 1.88 bits per heavy atom. The Bertz CT molecular complexity index is 832. The van der Waals surface area contributed by atoms with E-state index in [9.17, 15) is 14.4 Å². The van der Waals surface area contributed by atoms with Crippen LogP contribution in [0, 0.1) is 6.92 Å². The van der Waals surface area contributed by atoms with Gasteiger partial charge in [0.15, 0.2) is 6.61 Å². The average Bonchev–Trinajstić information content (AvgIpc) is 2.91. The van der Waals surface area contributed by atoms with Crippen molar-refractivity contribution in [3.05, 3.63) is 45.3 Å². The predicted molar refractivity (Wildman–Crippen MR) is 99.1 cm³/mol. The van der Waals surface area contributed by atoms with Crippen LogP contribution in [0.2, 0.25) is 5.02 Å². The molecule has 0 bridgehead atoms. The molecule has 7 nitrogen and oxygen atoms in total. The normalized spacial score (nSPS) is 10.3. The van der Waals surface area contributed by atoms with Crippen LogP contribution >= 0.6 is 22.9 Å². The number of carbonyl (C=O) groups is 3. The quantitative estimate of drug-likeness (QED) is 0.699. The summed E-state index contributed by atoms with van der Waals surface area (Å²) in [4.78, 5) is 36.0. The maximum Gasteiger partial charge on any atom is 0.348 e. The Hall–Kier alpha value is -2.58. The molecule has 0 saturated heterocycles. The summed E-state index contributed by atoms with van der Waals surface area (Å²) in [5.74, 6) is -1.35. The first-order valence-electron chi connectivity index (χ1n) is 7.62. The topological polar surface area (TPSA) is 108 Å². The number of hydrogen-bond donors (Lipinski definition) is 2. The number of nitrogens with one attached hydrogen (secondary N) is 1. The summed E-state index contributed by atoms with van der Waals surface area (Å²) in [5, 5.41) is 3.28. The van der Waals surface area contributed by atoms with Crippen molar-refractivity contribution in [3.63, 3.8) is 0 Å². The van der Waals surface area contributed by atoms with Crippen LogP contribution in [0.15, 0.2) is 24.3 Å². The van der Waals surface area contributed by atoms with Gasteiger partial charge in [-0.1, -0.05) is 11.6 Å². The molecule has 0 fully saturated rings. The molecule has 0 radical (unpaired) electrons. The van der Waals surface area contributed by atoms with E-state index in [1.165, 1.54) is 0 Å². The van der Waals surface area contributed by atoms with Crippen molar-refractivity contribution in [3.8, 4) is 5.75 Å². The molecule has 0 aliphatic heterocycles. The number of thiophene rings is 1. The van der Waals surface area contributed by atoms with Gasteiger partial charge in [-0.3, -0.25) is 9.59 Å². The molecular weight excluding hydrogens is 380 g/mol. The second-order valence-electron chi connectivity index (χ2n) is 5.14. The first kappa shape index (κ1) is 19.7. The number of halogens is 1. The highest BCUT2D eigenvalue weighted by atomic mass is 35.5. The molecule has 2 amide bonds. The number of rotatable bonds is 7. The lowest BCUT2D eigenvalue weighted by Gasteiger charge is -2.07. The first-order chi connectivity index (χ1) is 12.3. The molecule has 0 unspecified atom stereocenters. The van der Waals surface area contributed by atoms with Crippen LogP contribution in [0.1, 0.15) is 32.5 Å². The third-order valence-corrected chi connectivity index (χ3v) is 4.73. The lowest BCUT2D eigenvalue weighted by molar-refractivity contribution is -0.118. The molecular formula is C17H17ClN2O5S. The fraction of sp³-hybridized carbons (Fsp3) is 0.235. The largest absolute Gasteiger partial charge is 0.484 e. The van der Waals surface area contributed by atoms with Crippen molar-refractivity contribution in [2.45, 2.75) is 13.8 Å². The summed E-state index contributed by atoms with van der Waals surface area (Å²) in [5.41, 5.74) is 5.83. The SMILES string of the molecule is CCOC(=O)c1sc(NC(=O)COc2ccc(Cl)cc2)c(C(N)=O)c1C. The van der Waals surface area contributed by atoms with Crippen molar-refractivity contribution >= 4 is 45.7 Å². The van der Waals surface area contributed by atoms with Gasteiger partial charge in [-0.05, 0) is 43.7 Å². The van der Waals surface area contributed by atoms with E-state index in [1.807, 2.05) is 0 Å². The number of benzene rings is 1. The summed E-state index contributed by atoms with van der Waals surface area (Å²) < 4.78 is 10.3. The van der Waals surface area contributed by atoms with Crippen molar-refractivity contribution in [1.82, 2.24) is 0 Å². The Morgan fingerprint density at radius 1 is 1.23 bits per heavy atom. The third-order valence-electron chi connectivity index (χ3n) is 3.29. The van der Waals surface area contributed by atoms with Crippen molar-refractivity contribution in [2.75, 3.05) is 18.5 Å². The second kappa shape index (κ2) is 8.68. The molecule has 0 aliphatic rings. The Balaban J connectivity index is 2.13. The molecule has 1 heterocycles. The molecule has 0 saturated carbocycles. The number of amides is 2. The van der Waals surface area contributed by atoms with Gasteiger partial charge in [-0.2, -0.15) is 0 Å². The highest BCUT2D eigenvalue weighted by Crippen LogP contribution is 2.33. The zero-order valence-electron chi connectivity index (χ0n) is 14.1. The van der Waals surface area contributed by atoms with E-state index in [4.69, 9.17) is 26.8 Å². The van der Waals surface area contributed by atoms with Crippen LogP contribution < -0.4 is 15.8 Å². The summed E-state index contributed by atoms with van der Waals surface area (Å²) in [7, 11) is 0. The summed E-state index contributed by atoms with van der Waals surface area (Å²) in [6.07, 6.45) is 0. The maximum absolute atomic E-state index is 12.1. The van der Waals surface area contributed by atoms with E-state index < -0.39 is 17.8 Å². The van der Waals surface area contributed by atoms with Crippen LogP contribution in [0.4, 0.5) is 5.00 Å². The highest BCUT2D eigenvalue weighted by Gasteiger charge is 2.25. The molecule has 0 aliphatic carbocycles. The predicted octanol–water partition coefficient (Wildman–Crippen LogP) is 3.00. The Morgan fingerprint density at radius 3 is 2.46 bits per heavy atom. The van der Waals surface area contributed by atoms with Gasteiger partial charge in [-0.25, -0.2) is 4.79 Å². The zero-order chi connectivity index (χ0) is 19.3. The minimum atomic E-state index is -0.747. The zero-order valence-corrected chi connectivity index (χ0v) is 15.7. The molecule has 0 spiro atoms. The van der Waals surface area contributed by atoms with Gasteiger partial charge in [-0.15, -0.1) is 11.3 Å². The summed E-state index contributed by atoms with van der Waals surface area (Å²) >= 11 is 6.71. The van der Waals surface area contributed by atoms with Crippen molar-refractivity contribution in [2.24, 2.45) is 5.73 Å². The van der Waals surface area contributed by atoms with Gasteiger partial charge in [0.1, 0.15) is 15.6 Å². The molecule has 138 valence electrons. The van der Waals surface area contributed by atoms with Gasteiger partial charge in [0.25, 0.3) is 11.8 Å². The standard InChI is InChI=1S/C17H17ClN2O5S/c1-3-24-17(23)14-9(2)13(15(19)22)16(26-14)20-12(21)8-25-11-6-4-10(18)5-7-11/h4-7H,3,8H2,1-2H3,(H2,19,22)(H,20,21). The van der Waals surface area contributed by atoms with Gasteiger partial charge < -0.3 is 20.5 Å². The molecule has 1 aromatic carbocycles. The summed E-state index contributed by atoms with van der Waals surface area (Å²) in [6, 6.07) is 6.51. The average molecular weight is 397 g/mol. The number of hydrogen-bond acceptors (Lipinski definition) is 6. The molecule has 9 heteroatoms. The molecule has 2 aromatic rings. The minimum Gasteiger partial charge on any atom is -0.484 e. The van der Waals surface area contributed by atoms with Gasteiger partial charge >= 0.3 is 5.97 Å². The van der Waals surface area contributed by atoms with Crippen LogP contribution in [-0.4, -0.2) is 31.0 Å². The summed E-state index contributed by atoms with van der Waals surface area (Å²) in [6.45, 7) is 3.15. The molecule has 1 aromatic heterocycles. The number of anilines is 1. The lowest BCUT2D eigenvalue weighted by atomic mass is 10.1. The van der Waals surface area contributed by atoms with Crippen LogP contribution in [0.5, 0.6) is 5.75 Å². The minimum absolute atomic E-state index is 0.0814. The van der Waals surface area contributed by atoms with Gasteiger partial charge in [0.05, 0.1) is 12.2 Å². The monoisotopic (exact) mass is 396 g/mol. The number of carbonyl (C=O) groups excluding carboxylic acids is 3. The van der Waals surface area contributed by atoms with Gasteiger partial charge in [0, 0.05) is 5.02 Å². The van der Waals surface area contributed by atoms with Crippen LogP contribution in [-0.2, 0) is 9.53 Å². The van der Waals surface area contributed by atoms with E-state index in [-0.39, 0.29) is 28.7 Å². The molecule has 0 atom stereocenters. The Kier molecular flexibility index (Phi) is 6.59. The number of ether oxygens (including phenoxy) is 2. The van der Waals surface area contributed by atoms with E-state index in [1.54, 1.807) is 38.1 Å². The highest BCUT2D eigenvalue weighted by molar-refractivity contribution is 7.18. The third kappa shape index (κ3) is 4.74. The van der Waals surface area contributed by atoms with Crippen molar-refractivity contribution in [1.29, 1.82) is 0 Å². The lowest BCUT2D eigenvalue weighted by Crippen LogP contribution is -2.22. The fourth-order valence-electron chi connectivity index (χ4n) is 2.13. The number of nitrogens with two attached hydrogens (primary N) is 1. The van der Waals surface area contributed by atoms with Crippen LogP contribution in [0.3, 0.4) is 0 Å². The fourth-order valence-corrected chi connectivity index (χ4v) is 3.38. The van der Waals surface area contributed by atoms with Crippen molar-refractivity contribution < 1.29 is 23.9 Å². The van der Waals surface area contributed by atoms with Crippen LogP contribution in [0.25, 0.3) is 0 Å². The second-order valence-corrected chi connectivity index (χ2v) is 6.59. The molecule has 26 heavy (non-hydrogen) atoms. The van der Waals surface area contributed by atoms with E-state index in [0.717, 1.165) is 11.3 Å². The van der Waals surface area contributed by atoms with E-state index in [0.29, 0.717) is 16.3 Å². The molecule has 3 N–H and O–H groups in total. The van der Waals surface area contributed by atoms with E-state index in [2.05, 4.69) is 5.32 Å².